The van der Waals surface area contributed by atoms with E-state index in [1.54, 1.807) is 60.6 Å². The van der Waals surface area contributed by atoms with E-state index < -0.39 is 5.82 Å². The number of halogens is 1. The van der Waals surface area contributed by atoms with Gasteiger partial charge in [-0.2, -0.15) is 0 Å². The molecule has 0 bridgehead atoms. The zero-order chi connectivity index (χ0) is 23.2. The van der Waals surface area contributed by atoms with Crippen LogP contribution in [0.15, 0.2) is 85.3 Å². The van der Waals surface area contributed by atoms with Gasteiger partial charge in [0.25, 0.3) is 11.8 Å². The van der Waals surface area contributed by atoms with Crippen molar-refractivity contribution < 1.29 is 18.7 Å². The van der Waals surface area contributed by atoms with Crippen molar-refractivity contribution in [3.63, 3.8) is 0 Å². The van der Waals surface area contributed by atoms with Crippen LogP contribution in [0.25, 0.3) is 0 Å². The largest absolute Gasteiger partial charge is 0.497 e. The van der Waals surface area contributed by atoms with Gasteiger partial charge in [-0.05, 0) is 66.2 Å². The lowest BCUT2D eigenvalue weighted by molar-refractivity contribution is 0.101. The Bertz CT molecular complexity index is 1250. The second-order valence-electron chi connectivity index (χ2n) is 7.27. The number of nitrogens with zero attached hydrogens (tertiary/aromatic N) is 2. The highest BCUT2D eigenvalue weighted by atomic mass is 19.1. The molecule has 7 nitrogen and oxygen atoms in total. The van der Waals surface area contributed by atoms with Crippen LogP contribution in [0, 0.1) is 5.82 Å². The lowest BCUT2D eigenvalue weighted by atomic mass is 10.1. The molecule has 0 spiro atoms. The van der Waals surface area contributed by atoms with E-state index in [2.05, 4.69) is 15.6 Å². The minimum absolute atomic E-state index is 0.300. The zero-order valence-corrected chi connectivity index (χ0v) is 17.8. The lowest BCUT2D eigenvalue weighted by Crippen LogP contribution is -2.12. The monoisotopic (exact) mass is 444 g/mol. The molecule has 2 N–H and O–H groups in total. The number of imidazole rings is 1. The fourth-order valence-corrected chi connectivity index (χ4v) is 3.14. The number of carbonyl (C=O) groups is 2. The van der Waals surface area contributed by atoms with Crippen molar-refractivity contribution in [3.8, 4) is 5.75 Å². The van der Waals surface area contributed by atoms with E-state index in [1.165, 1.54) is 24.3 Å². The molecule has 8 heteroatoms. The van der Waals surface area contributed by atoms with E-state index in [1.807, 2.05) is 12.1 Å². The third kappa shape index (κ3) is 5.62. The van der Waals surface area contributed by atoms with Crippen LogP contribution in [-0.2, 0) is 6.54 Å². The number of ether oxygens (including phenoxy) is 1. The molecule has 166 valence electrons. The predicted molar refractivity (Wildman–Crippen MR) is 123 cm³/mol. The topological polar surface area (TPSA) is 85.2 Å². The Balaban J connectivity index is 1.34. The summed E-state index contributed by atoms with van der Waals surface area (Å²) in [7, 11) is 1.58. The number of aromatic nitrogens is 2. The van der Waals surface area contributed by atoms with Crippen molar-refractivity contribution >= 4 is 23.2 Å². The molecule has 0 fully saturated rings. The summed E-state index contributed by atoms with van der Waals surface area (Å²) >= 11 is 0. The van der Waals surface area contributed by atoms with Crippen LogP contribution in [0.5, 0.6) is 5.75 Å². The molecule has 0 saturated heterocycles. The third-order valence-corrected chi connectivity index (χ3v) is 4.90. The molecule has 0 radical (unpaired) electrons. The van der Waals surface area contributed by atoms with Crippen LogP contribution >= 0.6 is 0 Å². The highest BCUT2D eigenvalue weighted by Crippen LogP contribution is 2.16. The van der Waals surface area contributed by atoms with Crippen molar-refractivity contribution in [2.24, 2.45) is 0 Å². The van der Waals surface area contributed by atoms with Gasteiger partial charge in [0.05, 0.1) is 13.4 Å². The van der Waals surface area contributed by atoms with Gasteiger partial charge in [-0.25, -0.2) is 9.37 Å². The standard InChI is InChI=1S/C25H21FN4O3/c1-33-22-12-10-21(11-13-22)29-25(32)23-15-30(16-27-23)14-17-2-8-20(9-3-17)28-24(31)18-4-6-19(26)7-5-18/h2-13,15-16H,14H2,1H3,(H,28,31)(H,29,32). The molecular weight excluding hydrogens is 423 g/mol. The predicted octanol–water partition coefficient (Wildman–Crippen LogP) is 4.58. The SMILES string of the molecule is COc1ccc(NC(=O)c2cn(Cc3ccc(NC(=O)c4ccc(F)cc4)cc3)cn2)cc1. The van der Waals surface area contributed by atoms with Crippen LogP contribution < -0.4 is 15.4 Å². The van der Waals surface area contributed by atoms with E-state index in [-0.39, 0.29) is 11.8 Å². The first-order chi connectivity index (χ1) is 16.0. The number of carbonyl (C=O) groups excluding carboxylic acids is 2. The second-order valence-corrected chi connectivity index (χ2v) is 7.27. The van der Waals surface area contributed by atoms with Crippen LogP contribution in [0.4, 0.5) is 15.8 Å². The molecule has 0 aliphatic heterocycles. The summed E-state index contributed by atoms with van der Waals surface area (Å²) < 4.78 is 19.9. The van der Waals surface area contributed by atoms with Crippen LogP contribution in [0.2, 0.25) is 0 Å². The lowest BCUT2D eigenvalue weighted by Gasteiger charge is -2.07. The highest BCUT2D eigenvalue weighted by molar-refractivity contribution is 6.04. The average molecular weight is 444 g/mol. The molecule has 3 aromatic carbocycles. The van der Waals surface area contributed by atoms with Gasteiger partial charge in [0.2, 0.25) is 0 Å². The van der Waals surface area contributed by atoms with E-state index in [4.69, 9.17) is 4.74 Å². The van der Waals surface area contributed by atoms with E-state index >= 15 is 0 Å². The van der Waals surface area contributed by atoms with Gasteiger partial charge in [0, 0.05) is 29.7 Å². The van der Waals surface area contributed by atoms with Gasteiger partial charge < -0.3 is 19.9 Å². The summed E-state index contributed by atoms with van der Waals surface area (Å²) in [6.07, 6.45) is 3.26. The number of rotatable bonds is 7. The Morgan fingerprint density at radius 1 is 0.879 bits per heavy atom. The molecule has 0 unspecified atom stereocenters. The molecular formula is C25H21FN4O3. The van der Waals surface area contributed by atoms with Gasteiger partial charge in [-0.1, -0.05) is 12.1 Å². The first-order valence-corrected chi connectivity index (χ1v) is 10.1. The maximum Gasteiger partial charge on any atom is 0.275 e. The number of methoxy groups -OCH3 is 1. The maximum absolute atomic E-state index is 13.0. The summed E-state index contributed by atoms with van der Waals surface area (Å²) in [6, 6.07) is 19.7. The maximum atomic E-state index is 13.0. The van der Waals surface area contributed by atoms with Gasteiger partial charge >= 0.3 is 0 Å². The molecule has 0 aliphatic rings. The van der Waals surface area contributed by atoms with Gasteiger partial charge in [0.15, 0.2) is 0 Å². The fraction of sp³-hybridized carbons (Fsp3) is 0.0800. The van der Waals surface area contributed by atoms with Crippen molar-refractivity contribution in [3.05, 3.63) is 108 Å². The number of amides is 2. The van der Waals surface area contributed by atoms with Crippen molar-refractivity contribution in [1.82, 2.24) is 9.55 Å². The summed E-state index contributed by atoms with van der Waals surface area (Å²) in [5.41, 5.74) is 2.91. The molecule has 0 atom stereocenters. The molecule has 0 aliphatic carbocycles. The van der Waals surface area contributed by atoms with Crippen LogP contribution in [-0.4, -0.2) is 28.5 Å². The van der Waals surface area contributed by atoms with Crippen molar-refractivity contribution in [2.45, 2.75) is 6.54 Å². The molecule has 2 amide bonds. The summed E-state index contributed by atoms with van der Waals surface area (Å²) in [5.74, 6) is -0.308. The minimum atomic E-state index is -0.392. The minimum Gasteiger partial charge on any atom is -0.497 e. The Kier molecular flexibility index (Phi) is 6.45. The smallest absolute Gasteiger partial charge is 0.275 e. The Labute approximate surface area is 189 Å². The van der Waals surface area contributed by atoms with Crippen molar-refractivity contribution in [2.75, 3.05) is 17.7 Å². The fourth-order valence-electron chi connectivity index (χ4n) is 3.14. The van der Waals surface area contributed by atoms with Crippen LogP contribution in [0.1, 0.15) is 26.4 Å². The Morgan fingerprint density at radius 3 is 2.12 bits per heavy atom. The van der Waals surface area contributed by atoms with Gasteiger partial charge in [-0.3, -0.25) is 9.59 Å². The second kappa shape index (κ2) is 9.78. The van der Waals surface area contributed by atoms with E-state index in [0.717, 1.165) is 5.56 Å². The normalized spacial score (nSPS) is 10.5. The summed E-state index contributed by atoms with van der Waals surface area (Å²) in [5, 5.41) is 5.57. The van der Waals surface area contributed by atoms with Gasteiger partial charge in [0.1, 0.15) is 17.3 Å². The highest BCUT2D eigenvalue weighted by Gasteiger charge is 2.11. The Morgan fingerprint density at radius 2 is 1.48 bits per heavy atom. The number of hydrogen-bond donors (Lipinski definition) is 2. The third-order valence-electron chi connectivity index (χ3n) is 4.90. The quantitative estimate of drug-likeness (QED) is 0.437. The summed E-state index contributed by atoms with van der Waals surface area (Å²) in [4.78, 5) is 28.9. The number of hydrogen-bond acceptors (Lipinski definition) is 4. The average Bonchev–Trinajstić information content (AvgIpc) is 3.30. The first kappa shape index (κ1) is 21.8. The number of anilines is 2. The number of benzene rings is 3. The zero-order valence-electron chi connectivity index (χ0n) is 17.8. The van der Waals surface area contributed by atoms with Crippen molar-refractivity contribution in [1.29, 1.82) is 0 Å². The van der Waals surface area contributed by atoms with E-state index in [9.17, 15) is 14.0 Å². The molecule has 1 heterocycles. The number of nitrogens with one attached hydrogen (secondary N) is 2. The molecule has 4 rings (SSSR count). The molecule has 1 aromatic heterocycles. The molecule has 33 heavy (non-hydrogen) atoms. The molecule has 4 aromatic rings. The first-order valence-electron chi connectivity index (χ1n) is 10.1. The van der Waals surface area contributed by atoms with Gasteiger partial charge in [-0.15, -0.1) is 0 Å². The van der Waals surface area contributed by atoms with Crippen LogP contribution in [0.3, 0.4) is 0 Å². The van der Waals surface area contributed by atoms with E-state index in [0.29, 0.717) is 34.9 Å². The molecule has 0 saturated carbocycles. The summed E-state index contributed by atoms with van der Waals surface area (Å²) in [6.45, 7) is 0.509. The Hall–Kier alpha value is -4.46.